The Kier molecular flexibility index (Phi) is 5.97. The summed E-state index contributed by atoms with van der Waals surface area (Å²) in [5.41, 5.74) is 1.47. The summed E-state index contributed by atoms with van der Waals surface area (Å²) in [7, 11) is -0.873. The van der Waals surface area contributed by atoms with Gasteiger partial charge >= 0.3 is 5.97 Å². The molecule has 0 saturated heterocycles. The normalized spacial score (nSPS) is 17.0. The predicted molar refractivity (Wildman–Crippen MR) is 106 cm³/mol. The first-order valence-corrected chi connectivity index (χ1v) is 10.7. The molecule has 150 valence electrons. The van der Waals surface area contributed by atoms with Gasteiger partial charge in [0.15, 0.2) is 11.5 Å². The number of methoxy groups -OCH3 is 2. The third-order valence-electron chi connectivity index (χ3n) is 4.74. The van der Waals surface area contributed by atoms with Crippen LogP contribution in [0.2, 0.25) is 0 Å². The maximum atomic E-state index is 13.2. The van der Waals surface area contributed by atoms with Crippen molar-refractivity contribution in [3.05, 3.63) is 52.0 Å². The molecular weight excluding hydrogens is 450 g/mol. The van der Waals surface area contributed by atoms with Crippen LogP contribution in [0.1, 0.15) is 23.6 Å². The molecule has 0 bridgehead atoms. The van der Waals surface area contributed by atoms with Gasteiger partial charge in [0.05, 0.1) is 31.6 Å². The van der Waals surface area contributed by atoms with Gasteiger partial charge < -0.3 is 14.6 Å². The fourth-order valence-corrected chi connectivity index (χ4v) is 5.28. The summed E-state index contributed by atoms with van der Waals surface area (Å²) >= 11 is 3.29. The lowest BCUT2D eigenvalue weighted by atomic mass is 9.92. The van der Waals surface area contributed by atoms with Crippen molar-refractivity contribution in [2.45, 2.75) is 23.8 Å². The molecule has 1 aliphatic rings. The second kappa shape index (κ2) is 8.10. The number of rotatable bonds is 6. The smallest absolute Gasteiger partial charge is 0.305 e. The van der Waals surface area contributed by atoms with Crippen molar-refractivity contribution in [3.8, 4) is 11.5 Å². The van der Waals surface area contributed by atoms with E-state index in [-0.39, 0.29) is 17.9 Å². The molecule has 0 radical (unpaired) electrons. The summed E-state index contributed by atoms with van der Waals surface area (Å²) in [6.45, 7) is 0.179. The van der Waals surface area contributed by atoms with Crippen molar-refractivity contribution < 1.29 is 27.8 Å². The summed E-state index contributed by atoms with van der Waals surface area (Å²) < 4.78 is 39.1. The number of fused-ring (bicyclic) bond motifs is 1. The van der Waals surface area contributed by atoms with Crippen LogP contribution < -0.4 is 9.47 Å². The SMILES string of the molecule is COc1cc2c(cc1OC)[C@@H](CC(=O)O)N(S(=O)(=O)c1ccc(Br)cc1)CC2. The van der Waals surface area contributed by atoms with E-state index in [1.165, 1.54) is 30.7 Å². The fourth-order valence-electron chi connectivity index (χ4n) is 3.41. The van der Waals surface area contributed by atoms with Gasteiger partial charge in [-0.1, -0.05) is 15.9 Å². The zero-order valence-electron chi connectivity index (χ0n) is 15.4. The highest BCUT2D eigenvalue weighted by Crippen LogP contribution is 2.41. The molecule has 1 atom stereocenters. The Morgan fingerprint density at radius 2 is 1.79 bits per heavy atom. The lowest BCUT2D eigenvalue weighted by Gasteiger charge is -2.36. The number of carboxylic acid groups (broad SMARTS) is 1. The van der Waals surface area contributed by atoms with E-state index in [2.05, 4.69) is 15.9 Å². The number of nitrogens with zero attached hydrogens (tertiary/aromatic N) is 1. The highest BCUT2D eigenvalue weighted by atomic mass is 79.9. The second-order valence-electron chi connectivity index (χ2n) is 6.34. The Labute approximate surface area is 172 Å². The van der Waals surface area contributed by atoms with Gasteiger partial charge in [-0.15, -0.1) is 0 Å². The Bertz CT molecular complexity index is 990. The van der Waals surface area contributed by atoms with Gasteiger partial charge in [-0.2, -0.15) is 4.31 Å². The van der Waals surface area contributed by atoms with Gasteiger partial charge in [0.25, 0.3) is 0 Å². The Hall–Kier alpha value is -2.10. The molecule has 0 amide bonds. The maximum Gasteiger partial charge on any atom is 0.305 e. The van der Waals surface area contributed by atoms with E-state index in [0.29, 0.717) is 23.5 Å². The number of ether oxygens (including phenoxy) is 2. The monoisotopic (exact) mass is 469 g/mol. The average molecular weight is 470 g/mol. The van der Waals surface area contributed by atoms with Crippen LogP contribution in [-0.2, 0) is 21.2 Å². The van der Waals surface area contributed by atoms with Gasteiger partial charge in [0.2, 0.25) is 10.0 Å². The number of carboxylic acids is 1. The summed E-state index contributed by atoms with van der Waals surface area (Å²) in [5.74, 6) is -0.122. The number of carbonyl (C=O) groups is 1. The minimum Gasteiger partial charge on any atom is -0.493 e. The molecule has 0 aliphatic carbocycles. The van der Waals surface area contributed by atoms with Gasteiger partial charge in [-0.3, -0.25) is 4.79 Å². The van der Waals surface area contributed by atoms with Crippen LogP contribution in [0.25, 0.3) is 0 Å². The summed E-state index contributed by atoms with van der Waals surface area (Å²) in [4.78, 5) is 11.6. The molecule has 2 aromatic rings. The van der Waals surface area contributed by atoms with Gasteiger partial charge in [0, 0.05) is 11.0 Å². The number of aliphatic carboxylic acids is 1. The molecule has 7 nitrogen and oxygen atoms in total. The molecule has 0 spiro atoms. The summed E-state index contributed by atoms with van der Waals surface area (Å²) in [6, 6.07) is 8.91. The quantitative estimate of drug-likeness (QED) is 0.697. The Morgan fingerprint density at radius 1 is 1.18 bits per heavy atom. The van der Waals surface area contributed by atoms with Crippen molar-refractivity contribution in [2.24, 2.45) is 0 Å². The molecule has 1 N–H and O–H groups in total. The molecule has 3 rings (SSSR count). The van der Waals surface area contributed by atoms with E-state index in [4.69, 9.17) is 9.47 Å². The van der Waals surface area contributed by atoms with Gasteiger partial charge in [-0.05, 0) is 53.9 Å². The van der Waals surface area contributed by atoms with Crippen LogP contribution in [0.15, 0.2) is 45.8 Å². The van der Waals surface area contributed by atoms with Gasteiger partial charge in [-0.25, -0.2) is 8.42 Å². The molecule has 9 heteroatoms. The van der Waals surface area contributed by atoms with E-state index in [0.717, 1.165) is 10.0 Å². The standard InChI is InChI=1S/C19H20BrNO6S/c1-26-17-9-12-7-8-21(28(24,25)14-5-3-13(20)4-6-14)16(11-19(22)23)15(12)10-18(17)27-2/h3-6,9-10,16H,7-8,11H2,1-2H3,(H,22,23)/t16-/m1/s1. The molecule has 28 heavy (non-hydrogen) atoms. The number of sulfonamides is 1. The number of halogens is 1. The number of hydrogen-bond acceptors (Lipinski definition) is 5. The van der Waals surface area contributed by atoms with E-state index in [1.807, 2.05) is 0 Å². The molecule has 2 aromatic carbocycles. The van der Waals surface area contributed by atoms with E-state index >= 15 is 0 Å². The fraction of sp³-hybridized carbons (Fsp3) is 0.316. The highest BCUT2D eigenvalue weighted by molar-refractivity contribution is 9.10. The first kappa shape index (κ1) is 20.6. The predicted octanol–water partition coefficient (Wildman–Crippen LogP) is 3.23. The third kappa shape index (κ3) is 3.87. The zero-order valence-corrected chi connectivity index (χ0v) is 17.8. The Balaban J connectivity index is 2.10. The number of benzene rings is 2. The van der Waals surface area contributed by atoms with Crippen LogP contribution in [0, 0.1) is 0 Å². The molecule has 1 heterocycles. The molecule has 0 unspecified atom stereocenters. The summed E-state index contributed by atoms with van der Waals surface area (Å²) in [5, 5.41) is 9.43. The van der Waals surface area contributed by atoms with Gasteiger partial charge in [0.1, 0.15) is 0 Å². The molecule has 1 aliphatic heterocycles. The lowest BCUT2D eigenvalue weighted by molar-refractivity contribution is -0.138. The number of hydrogen-bond donors (Lipinski definition) is 1. The molecule has 0 fully saturated rings. The first-order chi connectivity index (χ1) is 13.3. The van der Waals surface area contributed by atoms with Crippen molar-refractivity contribution in [2.75, 3.05) is 20.8 Å². The van der Waals surface area contributed by atoms with Crippen LogP contribution in [-0.4, -0.2) is 44.6 Å². The first-order valence-electron chi connectivity index (χ1n) is 8.52. The lowest BCUT2D eigenvalue weighted by Crippen LogP contribution is -2.41. The van der Waals surface area contributed by atoms with Crippen LogP contribution in [0.3, 0.4) is 0 Å². The van der Waals surface area contributed by atoms with Crippen molar-refractivity contribution in [1.82, 2.24) is 4.31 Å². The van der Waals surface area contributed by atoms with Crippen molar-refractivity contribution in [3.63, 3.8) is 0 Å². The van der Waals surface area contributed by atoms with Crippen molar-refractivity contribution >= 4 is 31.9 Å². The average Bonchev–Trinajstić information content (AvgIpc) is 2.66. The van der Waals surface area contributed by atoms with Crippen molar-refractivity contribution in [1.29, 1.82) is 0 Å². The highest BCUT2D eigenvalue weighted by Gasteiger charge is 2.38. The second-order valence-corrected chi connectivity index (χ2v) is 9.15. The van der Waals surface area contributed by atoms with E-state index in [9.17, 15) is 18.3 Å². The van der Waals surface area contributed by atoms with Crippen LogP contribution in [0.4, 0.5) is 0 Å². The molecule has 0 aromatic heterocycles. The largest absolute Gasteiger partial charge is 0.493 e. The topological polar surface area (TPSA) is 93.1 Å². The van der Waals surface area contributed by atoms with Crippen LogP contribution in [0.5, 0.6) is 11.5 Å². The zero-order chi connectivity index (χ0) is 20.5. The summed E-state index contributed by atoms with van der Waals surface area (Å²) in [6.07, 6.45) is 0.0970. The molecular formula is C19H20BrNO6S. The minimum atomic E-state index is -3.87. The molecule has 0 saturated carbocycles. The van der Waals surface area contributed by atoms with Crippen LogP contribution >= 0.6 is 15.9 Å². The third-order valence-corrected chi connectivity index (χ3v) is 7.19. The minimum absolute atomic E-state index is 0.120. The maximum absolute atomic E-state index is 13.2. The van der Waals surface area contributed by atoms with E-state index < -0.39 is 22.0 Å². The Morgan fingerprint density at radius 3 is 2.36 bits per heavy atom. The van der Waals surface area contributed by atoms with E-state index in [1.54, 1.807) is 24.3 Å².